The van der Waals surface area contributed by atoms with E-state index in [-0.39, 0.29) is 22.8 Å². The Kier molecular flexibility index (Phi) is 8.01. The van der Waals surface area contributed by atoms with Gasteiger partial charge < -0.3 is 4.74 Å². The van der Waals surface area contributed by atoms with Gasteiger partial charge in [0.15, 0.2) is 0 Å². The van der Waals surface area contributed by atoms with Crippen LogP contribution in [0.2, 0.25) is 0 Å². The molecular formula is C34H49NO4. The highest BCUT2D eigenvalue weighted by Crippen LogP contribution is 2.67. The number of carbonyl (C=O) groups excluding carboxylic acids is 1. The number of esters is 1. The van der Waals surface area contributed by atoms with E-state index < -0.39 is 10.9 Å². The van der Waals surface area contributed by atoms with Crippen LogP contribution in [0.1, 0.15) is 116 Å². The van der Waals surface area contributed by atoms with Gasteiger partial charge in [0, 0.05) is 12.5 Å². The van der Waals surface area contributed by atoms with Gasteiger partial charge in [-0.15, -0.1) is 0 Å². The maximum atomic E-state index is 12.9. The first-order valence-corrected chi connectivity index (χ1v) is 15.7. The average molecular weight is 536 g/mol. The Morgan fingerprint density at radius 2 is 1.82 bits per heavy atom. The van der Waals surface area contributed by atoms with Crippen molar-refractivity contribution in [2.24, 2.45) is 46.3 Å². The minimum absolute atomic E-state index is 0.0503. The molecule has 1 aromatic rings. The molecule has 0 saturated heterocycles. The van der Waals surface area contributed by atoms with Gasteiger partial charge in [0.1, 0.15) is 11.7 Å². The highest BCUT2D eigenvalue weighted by molar-refractivity contribution is 5.94. The van der Waals surface area contributed by atoms with Crippen LogP contribution in [-0.4, -0.2) is 17.0 Å². The molecule has 0 aromatic heterocycles. The van der Waals surface area contributed by atoms with Crippen molar-refractivity contribution < 1.29 is 14.5 Å². The number of hydrogen-bond donors (Lipinski definition) is 0. The van der Waals surface area contributed by atoms with Gasteiger partial charge in [0.2, 0.25) is 0 Å². The molecule has 0 unspecified atom stereocenters. The fraction of sp³-hybridized carbons (Fsp3) is 0.735. The van der Waals surface area contributed by atoms with Gasteiger partial charge in [0.25, 0.3) is 5.69 Å². The van der Waals surface area contributed by atoms with Crippen LogP contribution < -0.4 is 0 Å². The molecule has 4 aliphatic carbocycles. The van der Waals surface area contributed by atoms with Gasteiger partial charge in [0.05, 0.1) is 4.92 Å². The Labute approximate surface area is 235 Å². The van der Waals surface area contributed by atoms with Gasteiger partial charge in [-0.05, 0) is 97.3 Å². The molecule has 5 nitrogen and oxygen atoms in total. The Hall–Kier alpha value is -2.17. The lowest BCUT2D eigenvalue weighted by Gasteiger charge is -2.58. The first kappa shape index (κ1) is 28.4. The van der Waals surface area contributed by atoms with E-state index in [0.29, 0.717) is 5.41 Å². The molecule has 0 radical (unpaired) electrons. The summed E-state index contributed by atoms with van der Waals surface area (Å²) in [6.45, 7) is 12.4. The van der Waals surface area contributed by atoms with Crippen molar-refractivity contribution >= 4 is 11.7 Å². The van der Waals surface area contributed by atoms with E-state index in [1.165, 1.54) is 62.7 Å². The zero-order valence-corrected chi connectivity index (χ0v) is 24.8. The van der Waals surface area contributed by atoms with Crippen molar-refractivity contribution in [3.05, 3.63) is 51.6 Å². The Morgan fingerprint density at radius 3 is 2.56 bits per heavy atom. The number of nitrogens with zero attached hydrogens (tertiary/aromatic N) is 1. The molecule has 0 amide bonds. The smallest absolute Gasteiger partial charge is 0.345 e. The molecule has 0 N–H and O–H groups in total. The summed E-state index contributed by atoms with van der Waals surface area (Å²) in [6.07, 6.45) is 15.7. The minimum Gasteiger partial charge on any atom is -0.458 e. The lowest BCUT2D eigenvalue weighted by molar-refractivity contribution is -0.385. The second-order valence-corrected chi connectivity index (χ2v) is 14.3. The van der Waals surface area contributed by atoms with Crippen molar-refractivity contribution in [1.82, 2.24) is 0 Å². The Bertz CT molecular complexity index is 1110. The SMILES string of the molecule is CC(C)CCC[C@@H](C)[C@H]1CC[C@H]2[C@@H]3CC=C4C[C@@H](OC(=O)c5ccccc5[N+](=O)[O-])CC[C@]4(C)[C@H]3CC[C@]12C. The molecule has 5 heteroatoms. The number of hydrogen-bond acceptors (Lipinski definition) is 4. The summed E-state index contributed by atoms with van der Waals surface area (Å²) in [5.41, 5.74) is 2.01. The number of allylic oxidation sites excluding steroid dienone is 1. The number of carbonyl (C=O) groups is 1. The largest absolute Gasteiger partial charge is 0.458 e. The molecule has 39 heavy (non-hydrogen) atoms. The van der Waals surface area contributed by atoms with E-state index in [1.54, 1.807) is 12.1 Å². The number of fused-ring (bicyclic) bond motifs is 5. The average Bonchev–Trinajstić information content (AvgIpc) is 3.26. The predicted octanol–water partition coefficient (Wildman–Crippen LogP) is 9.16. The molecule has 0 heterocycles. The van der Waals surface area contributed by atoms with Gasteiger partial charge in [-0.1, -0.05) is 77.7 Å². The lowest BCUT2D eigenvalue weighted by Crippen LogP contribution is -2.51. The minimum atomic E-state index is -0.571. The van der Waals surface area contributed by atoms with Crippen molar-refractivity contribution in [3.63, 3.8) is 0 Å². The number of benzene rings is 1. The summed E-state index contributed by atoms with van der Waals surface area (Å²) in [7, 11) is 0. The van der Waals surface area contributed by atoms with Gasteiger partial charge >= 0.3 is 5.97 Å². The van der Waals surface area contributed by atoms with Gasteiger partial charge in [-0.3, -0.25) is 10.1 Å². The quantitative estimate of drug-likeness (QED) is 0.144. The van der Waals surface area contributed by atoms with Crippen LogP contribution in [0.3, 0.4) is 0 Å². The fourth-order valence-electron chi connectivity index (χ4n) is 9.77. The third-order valence-electron chi connectivity index (χ3n) is 11.9. The van der Waals surface area contributed by atoms with E-state index in [0.717, 1.165) is 61.2 Å². The van der Waals surface area contributed by atoms with Crippen molar-refractivity contribution in [2.75, 3.05) is 0 Å². The third kappa shape index (κ3) is 5.20. The molecule has 214 valence electrons. The van der Waals surface area contributed by atoms with Crippen LogP contribution >= 0.6 is 0 Å². The zero-order valence-electron chi connectivity index (χ0n) is 24.8. The molecule has 0 bridgehead atoms. The number of ether oxygens (including phenoxy) is 1. The summed E-state index contributed by atoms with van der Waals surface area (Å²) >= 11 is 0. The first-order valence-electron chi connectivity index (χ1n) is 15.7. The van der Waals surface area contributed by atoms with Crippen LogP contribution in [0.25, 0.3) is 0 Å². The summed E-state index contributed by atoms with van der Waals surface area (Å²) in [6, 6.07) is 6.10. The summed E-state index contributed by atoms with van der Waals surface area (Å²) in [4.78, 5) is 23.8. The summed E-state index contributed by atoms with van der Waals surface area (Å²) in [5.74, 6) is 4.25. The maximum Gasteiger partial charge on any atom is 0.345 e. The van der Waals surface area contributed by atoms with Crippen molar-refractivity contribution in [3.8, 4) is 0 Å². The van der Waals surface area contributed by atoms with E-state index in [1.807, 2.05) is 0 Å². The molecule has 0 aliphatic heterocycles. The molecule has 8 atom stereocenters. The molecule has 3 fully saturated rings. The van der Waals surface area contributed by atoms with Crippen molar-refractivity contribution in [1.29, 1.82) is 0 Å². The zero-order chi connectivity index (χ0) is 27.9. The fourth-order valence-corrected chi connectivity index (χ4v) is 9.77. The van der Waals surface area contributed by atoms with Gasteiger partial charge in [-0.2, -0.15) is 0 Å². The van der Waals surface area contributed by atoms with E-state index in [2.05, 4.69) is 40.7 Å². The summed E-state index contributed by atoms with van der Waals surface area (Å²) in [5, 5.41) is 11.4. The number of nitro benzene ring substituents is 1. The molecule has 1 aromatic carbocycles. The Balaban J connectivity index is 1.26. The molecule has 4 aliphatic rings. The van der Waals surface area contributed by atoms with Crippen molar-refractivity contribution in [2.45, 2.75) is 111 Å². The molecule has 0 spiro atoms. The van der Waals surface area contributed by atoms with Crippen LogP contribution in [0, 0.1) is 56.5 Å². The van der Waals surface area contributed by atoms with E-state index in [4.69, 9.17) is 4.74 Å². The monoisotopic (exact) mass is 535 g/mol. The molecule has 5 rings (SSSR count). The van der Waals surface area contributed by atoms with E-state index >= 15 is 0 Å². The van der Waals surface area contributed by atoms with Crippen LogP contribution in [0.15, 0.2) is 35.9 Å². The normalized spacial score (nSPS) is 36.4. The molecule has 3 saturated carbocycles. The summed E-state index contributed by atoms with van der Waals surface area (Å²) < 4.78 is 5.89. The number of nitro groups is 1. The number of rotatable bonds is 8. The van der Waals surface area contributed by atoms with Crippen LogP contribution in [-0.2, 0) is 4.74 Å². The standard InChI is InChI=1S/C34H49NO4/c1-22(2)9-8-10-23(3)28-15-16-29-26-14-13-24-21-25(17-19-33(24,4)30(26)18-20-34(28,29)5)39-32(36)27-11-6-7-12-31(27)35(37)38/h6-7,11-13,22-23,25-26,28-30H,8-10,14-21H2,1-5H3/t23-,25+,26+,28-,29+,30+,33+,34-/m1/s1. The van der Waals surface area contributed by atoms with Crippen LogP contribution in [0.5, 0.6) is 0 Å². The second kappa shape index (κ2) is 11.0. The van der Waals surface area contributed by atoms with Gasteiger partial charge in [-0.25, -0.2) is 4.79 Å². The van der Waals surface area contributed by atoms with E-state index in [9.17, 15) is 14.9 Å². The number of para-hydroxylation sites is 1. The highest BCUT2D eigenvalue weighted by Gasteiger charge is 2.59. The first-order chi connectivity index (χ1) is 18.5. The predicted molar refractivity (Wildman–Crippen MR) is 155 cm³/mol. The maximum absolute atomic E-state index is 12.9. The topological polar surface area (TPSA) is 69.4 Å². The second-order valence-electron chi connectivity index (χ2n) is 14.3. The highest BCUT2D eigenvalue weighted by atomic mass is 16.6. The Morgan fingerprint density at radius 1 is 1.05 bits per heavy atom. The lowest BCUT2D eigenvalue weighted by atomic mass is 9.47. The molecular weight excluding hydrogens is 486 g/mol. The third-order valence-corrected chi connectivity index (χ3v) is 11.9. The van der Waals surface area contributed by atoms with Crippen LogP contribution in [0.4, 0.5) is 5.69 Å².